The molecule has 3 unspecified atom stereocenters. The number of amides is 1. The summed E-state index contributed by atoms with van der Waals surface area (Å²) in [7, 11) is 0. The van der Waals surface area contributed by atoms with E-state index in [0.717, 1.165) is 5.56 Å². The lowest BCUT2D eigenvalue weighted by atomic mass is 9.90. The lowest BCUT2D eigenvalue weighted by Crippen LogP contribution is -2.49. The molecule has 0 aromatic heterocycles. The fraction of sp³-hybridized carbons (Fsp3) is 0.421. The minimum Gasteiger partial charge on any atom is -0.447 e. The van der Waals surface area contributed by atoms with Gasteiger partial charge < -0.3 is 9.84 Å². The Balaban J connectivity index is 2.17. The molecule has 1 aromatic carbocycles. The van der Waals surface area contributed by atoms with Gasteiger partial charge >= 0.3 is 6.09 Å². The number of benzene rings is 1. The van der Waals surface area contributed by atoms with Crippen LogP contribution in [0.4, 0.5) is 4.79 Å². The normalized spacial score (nSPS) is 23.2. The molecule has 1 aromatic rings. The minimum absolute atomic E-state index is 0.134. The molecule has 1 N–H and O–H groups in total. The van der Waals surface area contributed by atoms with Gasteiger partial charge in [0.05, 0.1) is 11.6 Å². The molecule has 1 heterocycles. The Hall–Kier alpha value is -2.07. The number of carbonyl (C=O) groups is 1. The maximum atomic E-state index is 12.2. The van der Waals surface area contributed by atoms with Crippen LogP contribution in [0.3, 0.4) is 0 Å². The zero-order chi connectivity index (χ0) is 16.9. The molecule has 1 amide bonds. The number of ether oxygens (including phenoxy) is 1. The first-order chi connectivity index (χ1) is 11.0. The van der Waals surface area contributed by atoms with Gasteiger partial charge in [-0.2, -0.15) is 0 Å². The van der Waals surface area contributed by atoms with Crippen LogP contribution in [0.5, 0.6) is 0 Å². The number of carbonyl (C=O) groups excluding carboxylic acids is 1. The van der Waals surface area contributed by atoms with Gasteiger partial charge in [0.2, 0.25) is 0 Å². The third kappa shape index (κ3) is 4.02. The topological polar surface area (TPSA) is 49.8 Å². The van der Waals surface area contributed by atoms with Crippen LogP contribution in [0.2, 0.25) is 0 Å². The van der Waals surface area contributed by atoms with Gasteiger partial charge in [-0.05, 0) is 25.3 Å². The quantitative estimate of drug-likeness (QED) is 0.750. The standard InChI is InChI=1S/C19H25NO3/c1-4-9-16(17(21)5-2)13-20-18(22)23-14-19(20,3)12-15-10-7-6-8-11-15/h4-8,10-11,16-17,21H,1-2,9,12-14H2,3H3. The molecule has 23 heavy (non-hydrogen) atoms. The molecule has 3 atom stereocenters. The van der Waals surface area contributed by atoms with Crippen molar-refractivity contribution >= 4 is 6.09 Å². The predicted octanol–water partition coefficient (Wildman–Crippen LogP) is 3.18. The number of nitrogens with zero attached hydrogens (tertiary/aromatic N) is 1. The Bertz CT molecular complexity index is 557. The highest BCUT2D eigenvalue weighted by atomic mass is 16.6. The number of hydrogen-bond acceptors (Lipinski definition) is 3. The summed E-state index contributed by atoms with van der Waals surface area (Å²) in [6, 6.07) is 10.0. The second-order valence-electron chi connectivity index (χ2n) is 6.34. The molecule has 1 aliphatic rings. The summed E-state index contributed by atoms with van der Waals surface area (Å²) < 4.78 is 5.30. The smallest absolute Gasteiger partial charge is 0.410 e. The Morgan fingerprint density at radius 1 is 1.39 bits per heavy atom. The molecular weight excluding hydrogens is 290 g/mol. The van der Waals surface area contributed by atoms with Crippen molar-refractivity contribution in [1.82, 2.24) is 4.90 Å². The highest BCUT2D eigenvalue weighted by Gasteiger charge is 2.44. The van der Waals surface area contributed by atoms with Gasteiger partial charge in [-0.3, -0.25) is 4.90 Å². The average molecular weight is 315 g/mol. The van der Waals surface area contributed by atoms with E-state index in [4.69, 9.17) is 4.74 Å². The summed E-state index contributed by atoms with van der Waals surface area (Å²) in [5.74, 6) is -0.134. The van der Waals surface area contributed by atoms with E-state index in [1.165, 1.54) is 6.08 Å². The van der Waals surface area contributed by atoms with E-state index in [0.29, 0.717) is 26.0 Å². The van der Waals surface area contributed by atoms with Gasteiger partial charge in [-0.25, -0.2) is 4.79 Å². The zero-order valence-electron chi connectivity index (χ0n) is 13.6. The largest absolute Gasteiger partial charge is 0.447 e. The fourth-order valence-corrected chi connectivity index (χ4v) is 3.03. The monoisotopic (exact) mass is 315 g/mol. The van der Waals surface area contributed by atoms with E-state index in [-0.39, 0.29) is 12.0 Å². The van der Waals surface area contributed by atoms with Crippen molar-refractivity contribution in [3.05, 3.63) is 61.2 Å². The van der Waals surface area contributed by atoms with Crippen LogP contribution < -0.4 is 0 Å². The van der Waals surface area contributed by atoms with Crippen LogP contribution in [0, 0.1) is 5.92 Å². The van der Waals surface area contributed by atoms with Gasteiger partial charge in [-0.1, -0.05) is 42.5 Å². The molecule has 0 aliphatic carbocycles. The van der Waals surface area contributed by atoms with Gasteiger partial charge in [0.15, 0.2) is 0 Å². The van der Waals surface area contributed by atoms with E-state index >= 15 is 0 Å². The van der Waals surface area contributed by atoms with Crippen LogP contribution >= 0.6 is 0 Å². The second kappa shape index (κ2) is 7.47. The Labute approximate surface area is 138 Å². The van der Waals surface area contributed by atoms with Crippen molar-refractivity contribution < 1.29 is 14.6 Å². The van der Waals surface area contributed by atoms with Crippen molar-refractivity contribution in [2.24, 2.45) is 5.92 Å². The molecule has 1 saturated heterocycles. The van der Waals surface area contributed by atoms with Crippen LogP contribution in [0.1, 0.15) is 18.9 Å². The van der Waals surface area contributed by atoms with E-state index in [1.807, 2.05) is 37.3 Å². The van der Waals surface area contributed by atoms with E-state index in [9.17, 15) is 9.90 Å². The summed E-state index contributed by atoms with van der Waals surface area (Å²) in [4.78, 5) is 13.9. The number of hydrogen-bond donors (Lipinski definition) is 1. The Kier molecular flexibility index (Phi) is 5.61. The molecule has 0 radical (unpaired) electrons. The molecule has 0 saturated carbocycles. The summed E-state index contributed by atoms with van der Waals surface area (Å²) in [5.41, 5.74) is 0.737. The summed E-state index contributed by atoms with van der Waals surface area (Å²) in [6.45, 7) is 10.2. The van der Waals surface area contributed by atoms with E-state index in [1.54, 1.807) is 11.0 Å². The van der Waals surface area contributed by atoms with Crippen molar-refractivity contribution in [1.29, 1.82) is 0 Å². The third-order valence-corrected chi connectivity index (χ3v) is 4.42. The van der Waals surface area contributed by atoms with Crippen LogP contribution in [-0.4, -0.2) is 40.9 Å². The van der Waals surface area contributed by atoms with Gasteiger partial charge in [0.1, 0.15) is 6.61 Å². The second-order valence-corrected chi connectivity index (χ2v) is 6.34. The maximum absolute atomic E-state index is 12.2. The van der Waals surface area contributed by atoms with Gasteiger partial charge in [0, 0.05) is 12.5 Å². The molecule has 4 nitrogen and oxygen atoms in total. The number of allylic oxidation sites excluding steroid dienone is 1. The molecule has 0 bridgehead atoms. The Morgan fingerprint density at radius 3 is 2.70 bits per heavy atom. The summed E-state index contributed by atoms with van der Waals surface area (Å²) in [5, 5.41) is 10.1. The van der Waals surface area contributed by atoms with Crippen molar-refractivity contribution in [3.8, 4) is 0 Å². The van der Waals surface area contributed by atoms with Crippen molar-refractivity contribution in [3.63, 3.8) is 0 Å². The highest BCUT2D eigenvalue weighted by molar-refractivity contribution is 5.71. The predicted molar refractivity (Wildman–Crippen MR) is 91.1 cm³/mol. The van der Waals surface area contributed by atoms with Gasteiger partial charge in [0.25, 0.3) is 0 Å². The number of aliphatic hydroxyl groups excluding tert-OH is 1. The lowest BCUT2D eigenvalue weighted by Gasteiger charge is -2.35. The van der Waals surface area contributed by atoms with Crippen molar-refractivity contribution in [2.75, 3.05) is 13.2 Å². The molecule has 124 valence electrons. The first-order valence-corrected chi connectivity index (χ1v) is 7.90. The average Bonchev–Trinajstić information content (AvgIpc) is 2.82. The molecule has 1 aliphatic heterocycles. The summed E-state index contributed by atoms with van der Waals surface area (Å²) >= 11 is 0. The molecule has 2 rings (SSSR count). The minimum atomic E-state index is -0.678. The number of aliphatic hydroxyl groups is 1. The SMILES string of the molecule is C=CCC(CN1C(=O)OCC1(C)Cc1ccccc1)C(O)C=C. The highest BCUT2D eigenvalue weighted by Crippen LogP contribution is 2.30. The Morgan fingerprint density at radius 2 is 2.09 bits per heavy atom. The van der Waals surface area contributed by atoms with Crippen molar-refractivity contribution in [2.45, 2.75) is 31.4 Å². The van der Waals surface area contributed by atoms with Gasteiger partial charge in [-0.15, -0.1) is 13.2 Å². The number of cyclic esters (lactones) is 1. The first-order valence-electron chi connectivity index (χ1n) is 7.90. The molecule has 1 fully saturated rings. The lowest BCUT2D eigenvalue weighted by molar-refractivity contribution is 0.0956. The molecular formula is C19H25NO3. The van der Waals surface area contributed by atoms with Crippen LogP contribution in [0.15, 0.2) is 55.6 Å². The molecule has 0 spiro atoms. The number of rotatable bonds is 8. The maximum Gasteiger partial charge on any atom is 0.410 e. The first kappa shape index (κ1) is 17.3. The summed E-state index contributed by atoms with van der Waals surface area (Å²) in [6.07, 6.45) is 3.58. The van der Waals surface area contributed by atoms with E-state index in [2.05, 4.69) is 13.2 Å². The third-order valence-electron chi connectivity index (χ3n) is 4.42. The van der Waals surface area contributed by atoms with Crippen LogP contribution in [-0.2, 0) is 11.2 Å². The fourth-order valence-electron chi connectivity index (χ4n) is 3.03. The zero-order valence-corrected chi connectivity index (χ0v) is 13.6. The molecule has 4 heteroatoms. The van der Waals surface area contributed by atoms with Crippen LogP contribution in [0.25, 0.3) is 0 Å². The van der Waals surface area contributed by atoms with E-state index < -0.39 is 11.6 Å².